The molecule has 1 N–H and O–H groups in total. The molecule has 4 heteroatoms. The Bertz CT molecular complexity index is 405. The molecule has 1 spiro atoms. The van der Waals surface area contributed by atoms with E-state index in [4.69, 9.17) is 4.74 Å². The minimum Gasteiger partial charge on any atom is -0.373 e. The van der Waals surface area contributed by atoms with Crippen LogP contribution >= 0.6 is 0 Å². The fourth-order valence-electron chi connectivity index (χ4n) is 4.26. The molecule has 1 unspecified atom stereocenters. The number of amides is 2. The van der Waals surface area contributed by atoms with E-state index in [2.05, 4.69) is 19.2 Å². The number of nitrogens with zero attached hydrogens (tertiary/aromatic N) is 1. The molecule has 2 saturated heterocycles. The maximum Gasteiger partial charge on any atom is 0.317 e. The smallest absolute Gasteiger partial charge is 0.317 e. The maximum absolute atomic E-state index is 12.4. The van der Waals surface area contributed by atoms with Gasteiger partial charge in [-0.3, -0.25) is 0 Å². The van der Waals surface area contributed by atoms with Crippen LogP contribution in [0.2, 0.25) is 0 Å². The molecule has 2 saturated carbocycles. The Kier molecular flexibility index (Phi) is 2.45. The van der Waals surface area contributed by atoms with Gasteiger partial charge in [0.2, 0.25) is 0 Å². The molecule has 4 nitrogen and oxygen atoms in total. The van der Waals surface area contributed by atoms with Gasteiger partial charge in [0.25, 0.3) is 0 Å². The predicted molar refractivity (Wildman–Crippen MR) is 71.7 cm³/mol. The van der Waals surface area contributed by atoms with E-state index in [9.17, 15) is 4.79 Å². The summed E-state index contributed by atoms with van der Waals surface area (Å²) in [5, 5.41) is 3.19. The molecule has 4 aliphatic rings. The zero-order valence-corrected chi connectivity index (χ0v) is 11.9. The molecule has 2 aliphatic heterocycles. The van der Waals surface area contributed by atoms with Crippen molar-refractivity contribution < 1.29 is 9.53 Å². The van der Waals surface area contributed by atoms with Crippen molar-refractivity contribution >= 4 is 6.03 Å². The number of carbonyl (C=O) groups is 1. The second-order valence-electron chi connectivity index (χ2n) is 7.20. The van der Waals surface area contributed by atoms with Crippen molar-refractivity contribution in [3.8, 4) is 0 Å². The number of rotatable bonds is 1. The molecule has 0 bridgehead atoms. The molecule has 4 rings (SSSR count). The minimum atomic E-state index is 0.0149. The van der Waals surface area contributed by atoms with Crippen molar-refractivity contribution in [1.82, 2.24) is 10.2 Å². The van der Waals surface area contributed by atoms with Crippen LogP contribution in [0.3, 0.4) is 0 Å². The highest BCUT2D eigenvalue weighted by Gasteiger charge is 2.60. The monoisotopic (exact) mass is 264 g/mol. The number of hydrogen-bond donors (Lipinski definition) is 1. The lowest BCUT2D eigenvalue weighted by Crippen LogP contribution is -2.54. The number of carbonyl (C=O) groups excluding carboxylic acids is 1. The zero-order valence-electron chi connectivity index (χ0n) is 11.9. The highest BCUT2D eigenvalue weighted by atomic mass is 16.5. The summed E-state index contributed by atoms with van der Waals surface area (Å²) in [7, 11) is 0. The van der Waals surface area contributed by atoms with Gasteiger partial charge in [0, 0.05) is 12.6 Å². The average molecular weight is 264 g/mol. The van der Waals surface area contributed by atoms with E-state index >= 15 is 0 Å². The van der Waals surface area contributed by atoms with E-state index in [1.165, 1.54) is 6.42 Å². The fraction of sp³-hybridized carbons (Fsp3) is 0.933. The first kappa shape index (κ1) is 12.0. The van der Waals surface area contributed by atoms with Crippen LogP contribution < -0.4 is 5.32 Å². The Labute approximate surface area is 114 Å². The van der Waals surface area contributed by atoms with Gasteiger partial charge in [0.15, 0.2) is 0 Å². The molecule has 0 radical (unpaired) electrons. The number of ether oxygens (including phenoxy) is 1. The predicted octanol–water partition coefficient (Wildman–Crippen LogP) is 1.85. The van der Waals surface area contributed by atoms with Gasteiger partial charge in [-0.15, -0.1) is 0 Å². The summed E-state index contributed by atoms with van der Waals surface area (Å²) in [6.45, 7) is 7.06. The third-order valence-corrected chi connectivity index (χ3v) is 6.07. The minimum absolute atomic E-state index is 0.0149. The van der Waals surface area contributed by atoms with Gasteiger partial charge in [-0.1, -0.05) is 13.8 Å². The molecule has 4 fully saturated rings. The number of nitrogens with one attached hydrogen (secondary N) is 1. The van der Waals surface area contributed by atoms with Crippen LogP contribution in [0, 0.1) is 23.7 Å². The van der Waals surface area contributed by atoms with E-state index in [1.807, 2.05) is 4.90 Å². The Morgan fingerprint density at radius 1 is 1.37 bits per heavy atom. The summed E-state index contributed by atoms with van der Waals surface area (Å²) >= 11 is 0. The summed E-state index contributed by atoms with van der Waals surface area (Å²) < 4.78 is 6.07. The van der Waals surface area contributed by atoms with Crippen molar-refractivity contribution in [3.05, 3.63) is 0 Å². The Hall–Kier alpha value is -0.770. The van der Waals surface area contributed by atoms with E-state index in [-0.39, 0.29) is 11.6 Å². The van der Waals surface area contributed by atoms with Gasteiger partial charge < -0.3 is 15.0 Å². The van der Waals surface area contributed by atoms with Gasteiger partial charge in [0.1, 0.15) is 0 Å². The number of fused-ring (bicyclic) bond motifs is 2. The van der Waals surface area contributed by atoms with E-state index in [0.717, 1.165) is 44.4 Å². The first-order valence-electron chi connectivity index (χ1n) is 7.80. The first-order valence-corrected chi connectivity index (χ1v) is 7.80. The Morgan fingerprint density at radius 2 is 2.16 bits per heavy atom. The fourth-order valence-corrected chi connectivity index (χ4v) is 4.26. The van der Waals surface area contributed by atoms with Crippen molar-refractivity contribution in [2.75, 3.05) is 19.7 Å². The van der Waals surface area contributed by atoms with Crippen LogP contribution in [0.1, 0.15) is 33.1 Å². The van der Waals surface area contributed by atoms with Crippen LogP contribution in [0.4, 0.5) is 4.79 Å². The number of urea groups is 1. The molecule has 0 aromatic rings. The quantitative estimate of drug-likeness (QED) is 0.785. The van der Waals surface area contributed by atoms with E-state index < -0.39 is 0 Å². The van der Waals surface area contributed by atoms with Crippen molar-refractivity contribution in [2.24, 2.45) is 23.7 Å². The normalized spacial score (nSPS) is 51.1. The molecule has 106 valence electrons. The van der Waals surface area contributed by atoms with Gasteiger partial charge in [-0.05, 0) is 42.9 Å². The van der Waals surface area contributed by atoms with Crippen molar-refractivity contribution in [2.45, 2.75) is 44.8 Å². The second-order valence-corrected chi connectivity index (χ2v) is 7.20. The van der Waals surface area contributed by atoms with Crippen LogP contribution in [0.5, 0.6) is 0 Å². The second kappa shape index (κ2) is 3.87. The van der Waals surface area contributed by atoms with Crippen LogP contribution in [0.25, 0.3) is 0 Å². The first-order chi connectivity index (χ1) is 9.11. The third-order valence-electron chi connectivity index (χ3n) is 6.07. The van der Waals surface area contributed by atoms with Crippen LogP contribution in [-0.2, 0) is 4.74 Å². The number of hydrogen-bond acceptors (Lipinski definition) is 2. The maximum atomic E-state index is 12.4. The molecule has 0 aromatic carbocycles. The van der Waals surface area contributed by atoms with Gasteiger partial charge in [-0.2, -0.15) is 0 Å². The van der Waals surface area contributed by atoms with E-state index in [1.54, 1.807) is 0 Å². The molecule has 5 atom stereocenters. The molecular weight excluding hydrogens is 240 g/mol. The summed E-state index contributed by atoms with van der Waals surface area (Å²) in [5.74, 6) is 2.81. The Balaban J connectivity index is 1.40. The summed E-state index contributed by atoms with van der Waals surface area (Å²) in [6.07, 6.45) is 3.56. The van der Waals surface area contributed by atoms with Crippen LogP contribution in [0.15, 0.2) is 0 Å². The largest absolute Gasteiger partial charge is 0.373 e. The van der Waals surface area contributed by atoms with Gasteiger partial charge in [0.05, 0.1) is 18.8 Å². The molecular formula is C15H24N2O2. The summed E-state index contributed by atoms with van der Waals surface area (Å²) in [4.78, 5) is 14.4. The molecule has 2 heterocycles. The molecule has 0 aromatic heterocycles. The molecule has 2 aliphatic carbocycles. The number of piperidine rings is 1. The van der Waals surface area contributed by atoms with Gasteiger partial charge >= 0.3 is 6.03 Å². The highest BCUT2D eigenvalue weighted by molar-refractivity contribution is 5.75. The summed E-state index contributed by atoms with van der Waals surface area (Å²) in [5.41, 5.74) is 0.0149. The third kappa shape index (κ3) is 1.79. The summed E-state index contributed by atoms with van der Waals surface area (Å²) in [6, 6.07) is 0.525. The van der Waals surface area contributed by atoms with Gasteiger partial charge in [-0.25, -0.2) is 4.79 Å². The Morgan fingerprint density at radius 3 is 2.74 bits per heavy atom. The highest BCUT2D eigenvalue weighted by Crippen LogP contribution is 2.57. The lowest BCUT2D eigenvalue weighted by Gasteiger charge is -2.41. The molecule has 2 amide bonds. The topological polar surface area (TPSA) is 41.6 Å². The van der Waals surface area contributed by atoms with Crippen molar-refractivity contribution in [1.29, 1.82) is 0 Å². The zero-order chi connectivity index (χ0) is 13.2. The average Bonchev–Trinajstić information content (AvgIpc) is 3.28. The molecule has 19 heavy (non-hydrogen) atoms. The van der Waals surface area contributed by atoms with E-state index in [0.29, 0.717) is 17.9 Å². The van der Waals surface area contributed by atoms with Crippen molar-refractivity contribution in [3.63, 3.8) is 0 Å². The lowest BCUT2D eigenvalue weighted by molar-refractivity contribution is -0.0647. The number of likely N-dealkylation sites (tertiary alicyclic amines) is 1. The SMILES string of the molecule is C[C@H]1C(NC(=O)N2CCCC3(C2)OC[C@@H]2C[C@@H]23)[C@@H]1C. The standard InChI is InChI=1S/C15H24N2O2/c1-9-10(2)13(9)16-14(18)17-5-3-4-15(8-17)12-6-11(12)7-19-15/h9-13H,3-8H2,1-2H3,(H,16,18)/t9-,10-,11+,12+,15?/m1/s1. The van der Waals surface area contributed by atoms with Crippen LogP contribution in [-0.4, -0.2) is 42.3 Å². The lowest BCUT2D eigenvalue weighted by atomic mass is 9.88.